The minimum Gasteiger partial charge on any atom is -0.370 e. The standard InChI is InChI=1S/C25H33N3O/c1-17-7-9-23(18(2)14-17)25(29)26-21-8-10-24(19(3)15-21)27-13-11-22(16-27)28-12-5-6-20(28)4/h7-10,14-15,20,22H,5-6,11-13,16H2,1-4H3,(H,26,29). The van der Waals surface area contributed by atoms with Crippen LogP contribution in [0.1, 0.15) is 53.2 Å². The second-order valence-electron chi connectivity index (χ2n) is 8.89. The smallest absolute Gasteiger partial charge is 0.255 e. The van der Waals surface area contributed by atoms with Crippen molar-refractivity contribution in [1.82, 2.24) is 4.90 Å². The fourth-order valence-electron chi connectivity index (χ4n) is 5.08. The first-order valence-electron chi connectivity index (χ1n) is 10.9. The third-order valence-electron chi connectivity index (χ3n) is 6.66. The molecule has 2 atom stereocenters. The molecule has 2 saturated heterocycles. The van der Waals surface area contributed by atoms with Crippen molar-refractivity contribution in [2.24, 2.45) is 0 Å². The highest BCUT2D eigenvalue weighted by Gasteiger charge is 2.33. The van der Waals surface area contributed by atoms with Crippen LogP contribution in [0.3, 0.4) is 0 Å². The summed E-state index contributed by atoms with van der Waals surface area (Å²) in [6.45, 7) is 12.0. The number of carbonyl (C=O) groups is 1. The number of carbonyl (C=O) groups excluding carboxylic acids is 1. The van der Waals surface area contributed by atoms with Crippen LogP contribution in [0.25, 0.3) is 0 Å². The lowest BCUT2D eigenvalue weighted by Gasteiger charge is -2.29. The van der Waals surface area contributed by atoms with Crippen molar-refractivity contribution in [3.63, 3.8) is 0 Å². The molecule has 29 heavy (non-hydrogen) atoms. The average molecular weight is 392 g/mol. The zero-order chi connectivity index (χ0) is 20.5. The zero-order valence-corrected chi connectivity index (χ0v) is 18.2. The molecule has 0 spiro atoms. The largest absolute Gasteiger partial charge is 0.370 e. The van der Waals surface area contributed by atoms with Gasteiger partial charge in [-0.05, 0) is 88.9 Å². The van der Waals surface area contributed by atoms with E-state index in [1.807, 2.05) is 38.1 Å². The third-order valence-corrected chi connectivity index (χ3v) is 6.66. The van der Waals surface area contributed by atoms with Gasteiger partial charge < -0.3 is 10.2 Å². The molecule has 2 fully saturated rings. The summed E-state index contributed by atoms with van der Waals surface area (Å²) in [6, 6.07) is 13.7. The van der Waals surface area contributed by atoms with Crippen LogP contribution in [0.5, 0.6) is 0 Å². The van der Waals surface area contributed by atoms with E-state index in [1.54, 1.807) is 0 Å². The number of aryl methyl sites for hydroxylation is 3. The molecule has 154 valence electrons. The first-order valence-corrected chi connectivity index (χ1v) is 10.9. The average Bonchev–Trinajstić information content (AvgIpc) is 3.30. The molecular weight excluding hydrogens is 358 g/mol. The van der Waals surface area contributed by atoms with Gasteiger partial charge in [0.1, 0.15) is 0 Å². The number of benzene rings is 2. The number of hydrogen-bond donors (Lipinski definition) is 1. The van der Waals surface area contributed by atoms with Crippen LogP contribution in [-0.2, 0) is 0 Å². The fraction of sp³-hybridized carbons (Fsp3) is 0.480. The summed E-state index contributed by atoms with van der Waals surface area (Å²) in [5.74, 6) is -0.0427. The van der Waals surface area contributed by atoms with Gasteiger partial charge in [-0.3, -0.25) is 9.69 Å². The summed E-state index contributed by atoms with van der Waals surface area (Å²) in [5, 5.41) is 3.07. The number of nitrogens with zero attached hydrogens (tertiary/aromatic N) is 2. The Balaban J connectivity index is 1.43. The number of nitrogens with one attached hydrogen (secondary N) is 1. The lowest BCUT2D eigenvalue weighted by atomic mass is 10.0. The minimum atomic E-state index is -0.0427. The third kappa shape index (κ3) is 4.18. The second kappa shape index (κ2) is 8.19. The number of amides is 1. The Morgan fingerprint density at radius 1 is 1.00 bits per heavy atom. The Kier molecular flexibility index (Phi) is 5.64. The highest BCUT2D eigenvalue weighted by atomic mass is 16.1. The van der Waals surface area contributed by atoms with E-state index in [2.05, 4.69) is 41.1 Å². The Morgan fingerprint density at radius 2 is 1.83 bits per heavy atom. The fourth-order valence-corrected chi connectivity index (χ4v) is 5.08. The van der Waals surface area contributed by atoms with Crippen LogP contribution in [0, 0.1) is 20.8 Å². The van der Waals surface area contributed by atoms with Crippen molar-refractivity contribution >= 4 is 17.3 Å². The van der Waals surface area contributed by atoms with E-state index in [-0.39, 0.29) is 5.91 Å². The van der Waals surface area contributed by atoms with Crippen LogP contribution < -0.4 is 10.2 Å². The molecule has 0 radical (unpaired) electrons. The van der Waals surface area contributed by atoms with Gasteiger partial charge in [-0.1, -0.05) is 17.7 Å². The molecule has 2 aliphatic rings. The highest BCUT2D eigenvalue weighted by molar-refractivity contribution is 6.05. The van der Waals surface area contributed by atoms with Gasteiger partial charge in [-0.15, -0.1) is 0 Å². The molecule has 0 saturated carbocycles. The lowest BCUT2D eigenvalue weighted by molar-refractivity contribution is 0.102. The van der Waals surface area contributed by atoms with E-state index in [0.29, 0.717) is 6.04 Å². The maximum absolute atomic E-state index is 12.7. The molecule has 2 aromatic rings. The van der Waals surface area contributed by atoms with Gasteiger partial charge in [-0.25, -0.2) is 0 Å². The highest BCUT2D eigenvalue weighted by Crippen LogP contribution is 2.31. The number of rotatable bonds is 4. The Morgan fingerprint density at radius 3 is 2.52 bits per heavy atom. The summed E-state index contributed by atoms with van der Waals surface area (Å²) in [6.07, 6.45) is 3.92. The van der Waals surface area contributed by atoms with Crippen LogP contribution in [0.2, 0.25) is 0 Å². The van der Waals surface area contributed by atoms with Crippen molar-refractivity contribution in [3.8, 4) is 0 Å². The summed E-state index contributed by atoms with van der Waals surface area (Å²) in [5.41, 5.74) is 6.29. The van der Waals surface area contributed by atoms with Crippen molar-refractivity contribution < 1.29 is 4.79 Å². The van der Waals surface area contributed by atoms with Gasteiger partial charge >= 0.3 is 0 Å². The summed E-state index contributed by atoms with van der Waals surface area (Å²) < 4.78 is 0. The molecule has 4 nitrogen and oxygen atoms in total. The molecule has 0 aliphatic carbocycles. The molecule has 0 bridgehead atoms. The molecule has 2 aromatic carbocycles. The molecule has 2 unspecified atom stereocenters. The molecular formula is C25H33N3O. The summed E-state index contributed by atoms with van der Waals surface area (Å²) >= 11 is 0. The maximum Gasteiger partial charge on any atom is 0.255 e. The maximum atomic E-state index is 12.7. The molecule has 0 aromatic heterocycles. The van der Waals surface area contributed by atoms with E-state index in [9.17, 15) is 4.79 Å². The van der Waals surface area contributed by atoms with Crippen LogP contribution in [-0.4, -0.2) is 42.5 Å². The van der Waals surface area contributed by atoms with Gasteiger partial charge in [0.25, 0.3) is 5.91 Å². The minimum absolute atomic E-state index is 0.0427. The SMILES string of the molecule is Cc1ccc(C(=O)Nc2ccc(N3CCC(N4CCCC4C)C3)c(C)c2)c(C)c1. The summed E-state index contributed by atoms with van der Waals surface area (Å²) in [4.78, 5) is 17.9. The van der Waals surface area contributed by atoms with Crippen LogP contribution >= 0.6 is 0 Å². The van der Waals surface area contributed by atoms with Crippen molar-refractivity contribution in [2.45, 2.75) is 59.0 Å². The van der Waals surface area contributed by atoms with E-state index in [0.717, 1.165) is 35.9 Å². The molecule has 4 heteroatoms. The number of anilines is 2. The van der Waals surface area contributed by atoms with Crippen molar-refractivity contribution in [1.29, 1.82) is 0 Å². The Labute approximate surface area is 174 Å². The Hall–Kier alpha value is -2.33. The van der Waals surface area contributed by atoms with Crippen molar-refractivity contribution in [3.05, 3.63) is 58.7 Å². The quantitative estimate of drug-likeness (QED) is 0.803. The molecule has 1 N–H and O–H groups in total. The predicted octanol–water partition coefficient (Wildman–Crippen LogP) is 4.93. The molecule has 2 heterocycles. The monoisotopic (exact) mass is 391 g/mol. The van der Waals surface area contributed by atoms with E-state index in [1.165, 1.54) is 42.6 Å². The van der Waals surface area contributed by atoms with Crippen LogP contribution in [0.15, 0.2) is 36.4 Å². The van der Waals surface area contributed by atoms with Gasteiger partial charge in [0.05, 0.1) is 0 Å². The molecule has 1 amide bonds. The van der Waals surface area contributed by atoms with E-state index < -0.39 is 0 Å². The normalized spacial score (nSPS) is 22.3. The first-order chi connectivity index (χ1) is 13.9. The molecule has 4 rings (SSSR count). The lowest BCUT2D eigenvalue weighted by Crippen LogP contribution is -2.39. The van der Waals surface area contributed by atoms with Gasteiger partial charge in [0, 0.05) is 42.1 Å². The first kappa shape index (κ1) is 20.0. The van der Waals surface area contributed by atoms with Crippen LogP contribution in [0.4, 0.5) is 11.4 Å². The topological polar surface area (TPSA) is 35.6 Å². The molecule has 2 aliphatic heterocycles. The second-order valence-corrected chi connectivity index (χ2v) is 8.89. The Bertz CT molecular complexity index is 907. The van der Waals surface area contributed by atoms with Crippen molar-refractivity contribution in [2.75, 3.05) is 29.9 Å². The zero-order valence-electron chi connectivity index (χ0n) is 18.2. The van der Waals surface area contributed by atoms with E-state index in [4.69, 9.17) is 0 Å². The van der Waals surface area contributed by atoms with E-state index >= 15 is 0 Å². The predicted molar refractivity (Wildman–Crippen MR) is 121 cm³/mol. The van der Waals surface area contributed by atoms with Gasteiger partial charge in [0.15, 0.2) is 0 Å². The summed E-state index contributed by atoms with van der Waals surface area (Å²) in [7, 11) is 0. The number of hydrogen-bond acceptors (Lipinski definition) is 3. The van der Waals surface area contributed by atoms with Gasteiger partial charge in [0.2, 0.25) is 0 Å². The number of likely N-dealkylation sites (tertiary alicyclic amines) is 1. The van der Waals surface area contributed by atoms with Gasteiger partial charge in [-0.2, -0.15) is 0 Å².